The van der Waals surface area contributed by atoms with Crippen LogP contribution in [0.15, 0.2) is 45.9 Å². The van der Waals surface area contributed by atoms with E-state index in [0.29, 0.717) is 17.1 Å². The smallest absolute Gasteiger partial charge is 0.344 e. The van der Waals surface area contributed by atoms with Crippen molar-refractivity contribution in [2.75, 3.05) is 0 Å². The minimum absolute atomic E-state index is 0.344. The molecule has 1 aromatic heterocycles. The summed E-state index contributed by atoms with van der Waals surface area (Å²) in [5.41, 5.74) is 1.29. The number of aromatic amines is 1. The number of ether oxygens (including phenoxy) is 1. The number of hydrogen-bond donors (Lipinski definition) is 1. The Bertz CT molecular complexity index is 780. The number of benzene rings is 1. The summed E-state index contributed by atoms with van der Waals surface area (Å²) in [5, 5.41) is 13.6. The van der Waals surface area contributed by atoms with E-state index in [0.717, 1.165) is 28.2 Å². The molecule has 0 amide bonds. The van der Waals surface area contributed by atoms with E-state index in [2.05, 4.69) is 20.6 Å². The average molecular weight is 298 g/mol. The van der Waals surface area contributed by atoms with Crippen LogP contribution in [0.1, 0.15) is 23.2 Å². The van der Waals surface area contributed by atoms with Gasteiger partial charge in [0.1, 0.15) is 5.76 Å². The summed E-state index contributed by atoms with van der Waals surface area (Å²) in [4.78, 5) is 14.3. The van der Waals surface area contributed by atoms with Crippen LogP contribution >= 0.6 is 11.8 Å². The Morgan fingerprint density at radius 1 is 1.33 bits per heavy atom. The molecule has 2 aromatic rings. The molecule has 0 radical (unpaired) electrons. The highest BCUT2D eigenvalue weighted by Gasteiger charge is 2.24. The van der Waals surface area contributed by atoms with Gasteiger partial charge in [-0.2, -0.15) is 0 Å². The van der Waals surface area contributed by atoms with Crippen LogP contribution in [0.3, 0.4) is 0 Å². The Morgan fingerprint density at radius 3 is 3.14 bits per heavy atom. The molecule has 1 aliphatic carbocycles. The Balaban J connectivity index is 1.78. The van der Waals surface area contributed by atoms with Crippen LogP contribution < -0.4 is 0 Å². The number of aromatic nitrogens is 4. The van der Waals surface area contributed by atoms with Gasteiger partial charge in [0.05, 0.1) is 5.56 Å². The third-order valence-electron chi connectivity index (χ3n) is 3.34. The third kappa shape index (κ3) is 2.15. The number of nitrogens with one attached hydrogen (secondary N) is 1. The minimum Gasteiger partial charge on any atom is -0.422 e. The summed E-state index contributed by atoms with van der Waals surface area (Å²) in [6.45, 7) is 0. The summed E-state index contributed by atoms with van der Waals surface area (Å²) >= 11 is 1.59. The van der Waals surface area contributed by atoms with Gasteiger partial charge >= 0.3 is 5.97 Å². The second kappa shape index (κ2) is 4.85. The van der Waals surface area contributed by atoms with E-state index in [1.165, 1.54) is 0 Å². The van der Waals surface area contributed by atoms with E-state index < -0.39 is 0 Å². The highest BCUT2D eigenvalue weighted by molar-refractivity contribution is 8.03. The fourth-order valence-electron chi connectivity index (χ4n) is 2.31. The van der Waals surface area contributed by atoms with Crippen molar-refractivity contribution in [1.82, 2.24) is 20.6 Å². The van der Waals surface area contributed by atoms with Gasteiger partial charge in [0.15, 0.2) is 5.82 Å². The zero-order valence-electron chi connectivity index (χ0n) is 10.9. The second-order valence-corrected chi connectivity index (χ2v) is 5.82. The molecule has 0 unspecified atom stereocenters. The molecular formula is C14H10N4O2S. The SMILES string of the molecule is O=C1OC2=C(CCC=C2)Sc2ccc(-c3nnn[nH]3)cc21. The number of hydrogen-bond acceptors (Lipinski definition) is 6. The lowest BCUT2D eigenvalue weighted by molar-refractivity contribution is 0.0632. The Morgan fingerprint density at radius 2 is 2.29 bits per heavy atom. The van der Waals surface area contributed by atoms with Crippen molar-refractivity contribution in [3.63, 3.8) is 0 Å². The first-order valence-corrected chi connectivity index (χ1v) is 7.31. The van der Waals surface area contributed by atoms with Crippen LogP contribution in [0.5, 0.6) is 0 Å². The van der Waals surface area contributed by atoms with Gasteiger partial charge in [0.2, 0.25) is 0 Å². The Kier molecular flexibility index (Phi) is 2.85. The van der Waals surface area contributed by atoms with Crippen LogP contribution in [-0.2, 0) is 4.74 Å². The lowest BCUT2D eigenvalue weighted by Gasteiger charge is -2.10. The molecule has 104 valence electrons. The van der Waals surface area contributed by atoms with E-state index in [-0.39, 0.29) is 5.97 Å². The molecule has 6 nitrogen and oxygen atoms in total. The average Bonchev–Trinajstić information content (AvgIpc) is 2.99. The molecular weight excluding hydrogens is 288 g/mol. The first kappa shape index (κ1) is 12.3. The van der Waals surface area contributed by atoms with Crippen LogP contribution in [-0.4, -0.2) is 26.6 Å². The maximum absolute atomic E-state index is 12.3. The zero-order valence-corrected chi connectivity index (χ0v) is 11.7. The molecule has 2 heterocycles. The molecule has 0 atom stereocenters. The number of allylic oxidation sites excluding steroid dienone is 3. The van der Waals surface area contributed by atoms with Crippen molar-refractivity contribution in [2.45, 2.75) is 17.7 Å². The van der Waals surface area contributed by atoms with Gasteiger partial charge in [-0.1, -0.05) is 17.8 Å². The van der Waals surface area contributed by atoms with Crippen molar-refractivity contribution in [2.24, 2.45) is 0 Å². The van der Waals surface area contributed by atoms with Gasteiger partial charge in [0, 0.05) is 15.4 Å². The van der Waals surface area contributed by atoms with Crippen molar-refractivity contribution < 1.29 is 9.53 Å². The van der Waals surface area contributed by atoms with Crippen molar-refractivity contribution in [3.8, 4) is 11.4 Å². The molecule has 0 saturated carbocycles. The van der Waals surface area contributed by atoms with Gasteiger partial charge in [-0.3, -0.25) is 0 Å². The first-order chi connectivity index (χ1) is 10.3. The van der Waals surface area contributed by atoms with Crippen LogP contribution in [0, 0.1) is 0 Å². The van der Waals surface area contributed by atoms with Crippen molar-refractivity contribution in [1.29, 1.82) is 0 Å². The molecule has 0 spiro atoms. The molecule has 1 N–H and O–H groups in total. The highest BCUT2D eigenvalue weighted by atomic mass is 32.2. The number of tetrazole rings is 1. The fourth-order valence-corrected chi connectivity index (χ4v) is 3.39. The van der Waals surface area contributed by atoms with Crippen LogP contribution in [0.25, 0.3) is 11.4 Å². The number of fused-ring (bicyclic) bond motifs is 1. The third-order valence-corrected chi connectivity index (χ3v) is 4.56. The summed E-state index contributed by atoms with van der Waals surface area (Å²) in [6.07, 6.45) is 5.77. The number of carbonyl (C=O) groups excluding carboxylic acids is 1. The van der Waals surface area contributed by atoms with E-state index in [1.807, 2.05) is 24.3 Å². The summed E-state index contributed by atoms with van der Waals surface area (Å²) < 4.78 is 5.49. The summed E-state index contributed by atoms with van der Waals surface area (Å²) in [5.74, 6) is 0.844. The maximum atomic E-state index is 12.3. The molecule has 1 aliphatic heterocycles. The molecule has 4 rings (SSSR count). The molecule has 21 heavy (non-hydrogen) atoms. The Labute approximate surface area is 124 Å². The van der Waals surface area contributed by atoms with Gasteiger partial charge in [0.25, 0.3) is 0 Å². The standard InChI is InChI=1S/C14H10N4O2S/c19-14-9-7-8(13-15-17-18-16-13)5-6-11(9)21-12-4-2-1-3-10(12)20-14/h1,3,5-7H,2,4H2,(H,15,16,17,18). The van der Waals surface area contributed by atoms with Gasteiger partial charge in [-0.15, -0.1) is 5.10 Å². The molecule has 0 bridgehead atoms. The summed E-state index contributed by atoms with van der Waals surface area (Å²) in [7, 11) is 0. The largest absolute Gasteiger partial charge is 0.422 e. The molecule has 2 aliphatic rings. The molecule has 0 saturated heterocycles. The van der Waals surface area contributed by atoms with Gasteiger partial charge in [-0.25, -0.2) is 9.89 Å². The first-order valence-electron chi connectivity index (χ1n) is 6.49. The highest BCUT2D eigenvalue weighted by Crippen LogP contribution is 2.41. The summed E-state index contributed by atoms with van der Waals surface area (Å²) in [6, 6.07) is 5.56. The van der Waals surface area contributed by atoms with Gasteiger partial charge in [-0.05, 0) is 47.5 Å². The predicted octanol–water partition coefficient (Wildman–Crippen LogP) is 2.69. The number of rotatable bonds is 1. The van der Waals surface area contributed by atoms with Crippen LogP contribution in [0.4, 0.5) is 0 Å². The Hall–Kier alpha value is -2.41. The number of carbonyl (C=O) groups is 1. The number of thioether (sulfide) groups is 1. The fraction of sp³-hybridized carbons (Fsp3) is 0.143. The van der Waals surface area contributed by atoms with Crippen molar-refractivity contribution >= 4 is 17.7 Å². The van der Waals surface area contributed by atoms with E-state index in [4.69, 9.17) is 4.74 Å². The predicted molar refractivity (Wildman–Crippen MR) is 76.3 cm³/mol. The lowest BCUT2D eigenvalue weighted by atomic mass is 10.1. The van der Waals surface area contributed by atoms with E-state index >= 15 is 0 Å². The van der Waals surface area contributed by atoms with Gasteiger partial charge < -0.3 is 4.74 Å². The van der Waals surface area contributed by atoms with Crippen molar-refractivity contribution in [3.05, 3.63) is 46.6 Å². The monoisotopic (exact) mass is 298 g/mol. The number of nitrogens with zero attached hydrogens (tertiary/aromatic N) is 3. The quantitative estimate of drug-likeness (QED) is 0.815. The lowest BCUT2D eigenvalue weighted by Crippen LogP contribution is -2.05. The topological polar surface area (TPSA) is 80.8 Å². The zero-order chi connectivity index (χ0) is 14.2. The van der Waals surface area contributed by atoms with Crippen LogP contribution in [0.2, 0.25) is 0 Å². The number of H-pyrrole nitrogens is 1. The normalized spacial score (nSPS) is 17.0. The second-order valence-electron chi connectivity index (χ2n) is 4.68. The van der Waals surface area contributed by atoms with E-state index in [9.17, 15) is 4.79 Å². The minimum atomic E-state index is -0.344. The molecule has 1 aromatic carbocycles. The number of esters is 1. The van der Waals surface area contributed by atoms with E-state index in [1.54, 1.807) is 17.8 Å². The molecule has 7 heteroatoms. The maximum Gasteiger partial charge on any atom is 0.344 e. The molecule has 0 fully saturated rings.